The Balaban J connectivity index is 1.56. The molecule has 2 saturated carbocycles. The minimum absolute atomic E-state index is 0.0591. The molecule has 45 heavy (non-hydrogen) atoms. The van der Waals surface area contributed by atoms with Gasteiger partial charge in [-0.1, -0.05) is 47.1 Å². The highest BCUT2D eigenvalue weighted by atomic mass is 19.4. The second-order valence-electron chi connectivity index (χ2n) is 13.8. The fourth-order valence-corrected chi connectivity index (χ4v) is 5.99. The zero-order chi connectivity index (χ0) is 33.5. The lowest BCUT2D eigenvalue weighted by atomic mass is 9.85. The highest BCUT2D eigenvalue weighted by Crippen LogP contribution is 2.48. The number of alkyl halides is 3. The van der Waals surface area contributed by atoms with Gasteiger partial charge in [0.25, 0.3) is 11.8 Å². The van der Waals surface area contributed by atoms with Gasteiger partial charge in [0.05, 0.1) is 11.7 Å². The van der Waals surface area contributed by atoms with Crippen LogP contribution in [0.25, 0.3) is 0 Å². The number of carbonyl (C=O) groups excluding carboxylic acids is 5. The molecule has 4 rings (SSSR count). The lowest BCUT2D eigenvalue weighted by Gasteiger charge is -2.36. The zero-order valence-electron chi connectivity index (χ0n) is 26.6. The van der Waals surface area contributed by atoms with E-state index >= 15 is 0 Å². The SMILES string of the molecule is CCOC1CC(C(=O)NC2(C(=O)NC(=O)C(=O)C3(C)CC3)CC2CC)N(C(=O)C(Nc2cccc(C(F)(F)F)c2)C(C)(C)C)C1. The number of rotatable bonds is 11. The standard InChI is InChI=1S/C32H43F3N4O6/c1-7-18-16-31(18,28(44)37-26(42)24(40)30(6)12-13-30)38-25(41)22-15-21(45-8-2)17-39(22)27(43)23(29(3,4)5)36-20-11-9-10-19(14-20)32(33,34)35/h9-11,14,18,21-23,36H,7-8,12-13,15-17H2,1-6H3,(H,38,41)(H,37,42,44). The van der Waals surface area contributed by atoms with Crippen molar-refractivity contribution in [3.8, 4) is 0 Å². The summed E-state index contributed by atoms with van der Waals surface area (Å²) in [5.74, 6) is -3.84. The highest BCUT2D eigenvalue weighted by Gasteiger charge is 2.62. The van der Waals surface area contributed by atoms with E-state index in [9.17, 15) is 37.1 Å². The quantitative estimate of drug-likeness (QED) is 0.315. The van der Waals surface area contributed by atoms with Gasteiger partial charge in [-0.25, -0.2) is 0 Å². The third-order valence-corrected chi connectivity index (χ3v) is 9.20. The van der Waals surface area contributed by atoms with Gasteiger partial charge in [-0.2, -0.15) is 13.2 Å². The molecule has 0 aromatic heterocycles. The van der Waals surface area contributed by atoms with E-state index in [0.717, 1.165) is 12.1 Å². The van der Waals surface area contributed by atoms with Crippen LogP contribution in [-0.2, 0) is 34.9 Å². The second-order valence-corrected chi connectivity index (χ2v) is 13.8. The van der Waals surface area contributed by atoms with E-state index in [2.05, 4.69) is 16.0 Å². The Morgan fingerprint density at radius 1 is 1.09 bits per heavy atom. The summed E-state index contributed by atoms with van der Waals surface area (Å²) in [6.07, 6.45) is -3.01. The summed E-state index contributed by atoms with van der Waals surface area (Å²) in [6.45, 7) is 11.0. The highest BCUT2D eigenvalue weighted by molar-refractivity contribution is 6.41. The Labute approximate surface area is 261 Å². The summed E-state index contributed by atoms with van der Waals surface area (Å²) >= 11 is 0. The second kappa shape index (κ2) is 12.4. The molecule has 5 unspecified atom stereocenters. The van der Waals surface area contributed by atoms with Gasteiger partial charge >= 0.3 is 6.18 Å². The Morgan fingerprint density at radius 3 is 2.29 bits per heavy atom. The van der Waals surface area contributed by atoms with E-state index in [0.29, 0.717) is 25.9 Å². The number of imide groups is 1. The summed E-state index contributed by atoms with van der Waals surface area (Å²) in [5, 5.41) is 7.96. The van der Waals surface area contributed by atoms with Crippen LogP contribution in [0.4, 0.5) is 18.9 Å². The van der Waals surface area contributed by atoms with Crippen molar-refractivity contribution in [1.29, 1.82) is 0 Å². The number of halogens is 3. The summed E-state index contributed by atoms with van der Waals surface area (Å²) in [5.41, 5.74) is -3.74. The number of ether oxygens (including phenoxy) is 1. The Bertz CT molecular complexity index is 1350. The van der Waals surface area contributed by atoms with Crippen molar-refractivity contribution in [3.63, 3.8) is 0 Å². The van der Waals surface area contributed by atoms with Crippen molar-refractivity contribution in [2.45, 2.75) is 104 Å². The predicted molar refractivity (Wildman–Crippen MR) is 159 cm³/mol. The first-order valence-corrected chi connectivity index (χ1v) is 15.4. The van der Waals surface area contributed by atoms with Crippen LogP contribution in [0.3, 0.4) is 0 Å². The number of nitrogens with zero attached hydrogens (tertiary/aromatic N) is 1. The number of Topliss-reactive ketones (excluding diaryl/α,β-unsaturated/α-hetero) is 1. The van der Waals surface area contributed by atoms with Crippen molar-refractivity contribution in [2.24, 2.45) is 16.7 Å². The predicted octanol–water partition coefficient (Wildman–Crippen LogP) is 3.83. The van der Waals surface area contributed by atoms with Crippen molar-refractivity contribution in [3.05, 3.63) is 29.8 Å². The van der Waals surface area contributed by atoms with E-state index in [1.165, 1.54) is 17.0 Å². The van der Waals surface area contributed by atoms with E-state index in [-0.39, 0.29) is 31.0 Å². The minimum Gasteiger partial charge on any atom is -0.377 e. The molecule has 3 fully saturated rings. The number of carbonyl (C=O) groups is 5. The third-order valence-electron chi connectivity index (χ3n) is 9.20. The molecule has 1 aromatic carbocycles. The van der Waals surface area contributed by atoms with Crippen LogP contribution in [-0.4, -0.2) is 71.2 Å². The van der Waals surface area contributed by atoms with Gasteiger partial charge in [0.2, 0.25) is 17.6 Å². The largest absolute Gasteiger partial charge is 0.416 e. The number of nitrogens with one attached hydrogen (secondary N) is 3. The summed E-state index contributed by atoms with van der Waals surface area (Å²) in [6, 6.07) is 2.49. The summed E-state index contributed by atoms with van der Waals surface area (Å²) in [7, 11) is 0. The van der Waals surface area contributed by atoms with Gasteiger partial charge in [-0.15, -0.1) is 0 Å². The average Bonchev–Trinajstić information content (AvgIpc) is 3.84. The molecule has 4 amide bonds. The first-order valence-electron chi connectivity index (χ1n) is 15.4. The lowest BCUT2D eigenvalue weighted by molar-refractivity contribution is -0.145. The van der Waals surface area contributed by atoms with Crippen LogP contribution in [0.2, 0.25) is 0 Å². The molecule has 0 spiro atoms. The third kappa shape index (κ3) is 7.34. The molecule has 0 radical (unpaired) electrons. The van der Waals surface area contributed by atoms with Gasteiger partial charge < -0.3 is 20.3 Å². The maximum Gasteiger partial charge on any atom is 0.416 e. The maximum absolute atomic E-state index is 14.1. The fraction of sp³-hybridized carbons (Fsp3) is 0.656. The molecule has 13 heteroatoms. The Hall–Kier alpha value is -3.48. The minimum atomic E-state index is -4.57. The lowest BCUT2D eigenvalue weighted by Crippen LogP contribution is -2.59. The monoisotopic (exact) mass is 636 g/mol. The molecule has 1 aliphatic heterocycles. The number of anilines is 1. The molecule has 3 aliphatic rings. The van der Waals surface area contributed by atoms with Crippen LogP contribution in [0.1, 0.15) is 79.2 Å². The first kappa shape index (κ1) is 34.4. The number of hydrogen-bond acceptors (Lipinski definition) is 7. The van der Waals surface area contributed by atoms with E-state index < -0.39 is 75.7 Å². The molecule has 2 aliphatic carbocycles. The number of ketones is 1. The maximum atomic E-state index is 14.1. The molecule has 248 valence electrons. The van der Waals surface area contributed by atoms with Gasteiger partial charge in [0, 0.05) is 30.7 Å². The molecule has 10 nitrogen and oxygen atoms in total. The van der Waals surface area contributed by atoms with Gasteiger partial charge in [0.15, 0.2) is 0 Å². The van der Waals surface area contributed by atoms with Crippen molar-refractivity contribution < 1.29 is 41.9 Å². The van der Waals surface area contributed by atoms with E-state index in [1.54, 1.807) is 34.6 Å². The number of hydrogen-bond donors (Lipinski definition) is 3. The number of amides is 4. The zero-order valence-corrected chi connectivity index (χ0v) is 26.6. The Morgan fingerprint density at radius 2 is 1.76 bits per heavy atom. The molecular weight excluding hydrogens is 593 g/mol. The molecule has 0 bridgehead atoms. The van der Waals surface area contributed by atoms with Crippen LogP contribution in [0, 0.1) is 16.7 Å². The molecule has 3 N–H and O–H groups in total. The van der Waals surface area contributed by atoms with Crippen molar-refractivity contribution >= 4 is 35.1 Å². The first-order chi connectivity index (χ1) is 20.9. The van der Waals surface area contributed by atoms with Gasteiger partial charge in [-0.05, 0) is 55.7 Å². The number of likely N-dealkylation sites (tertiary alicyclic amines) is 1. The fourth-order valence-electron chi connectivity index (χ4n) is 5.99. The molecule has 1 heterocycles. The van der Waals surface area contributed by atoms with E-state index in [1.807, 2.05) is 6.92 Å². The Kier molecular flexibility index (Phi) is 9.46. The van der Waals surface area contributed by atoms with Gasteiger partial charge in [0.1, 0.15) is 17.6 Å². The average molecular weight is 637 g/mol. The topological polar surface area (TPSA) is 134 Å². The molecule has 1 aromatic rings. The van der Waals surface area contributed by atoms with Crippen molar-refractivity contribution in [2.75, 3.05) is 18.5 Å². The van der Waals surface area contributed by atoms with Crippen LogP contribution in [0.5, 0.6) is 0 Å². The smallest absolute Gasteiger partial charge is 0.377 e. The number of benzene rings is 1. The van der Waals surface area contributed by atoms with Crippen LogP contribution in [0.15, 0.2) is 24.3 Å². The molecule has 1 saturated heterocycles. The van der Waals surface area contributed by atoms with Crippen molar-refractivity contribution in [1.82, 2.24) is 15.5 Å². The molecular formula is C32H43F3N4O6. The normalized spacial score (nSPS) is 26.1. The summed E-state index contributed by atoms with van der Waals surface area (Å²) < 4.78 is 45.9. The van der Waals surface area contributed by atoms with E-state index in [4.69, 9.17) is 4.74 Å². The van der Waals surface area contributed by atoms with Crippen LogP contribution < -0.4 is 16.0 Å². The van der Waals surface area contributed by atoms with Gasteiger partial charge in [-0.3, -0.25) is 29.3 Å². The molecule has 5 atom stereocenters. The van der Waals surface area contributed by atoms with Crippen LogP contribution >= 0.6 is 0 Å². The summed E-state index contributed by atoms with van der Waals surface area (Å²) in [4.78, 5) is 67.8.